The second-order valence-electron chi connectivity index (χ2n) is 3.38. The van der Waals surface area contributed by atoms with Gasteiger partial charge in [0.05, 0.1) is 0 Å². The lowest BCUT2D eigenvalue weighted by atomic mass is 10.2. The van der Waals surface area contributed by atoms with E-state index >= 15 is 0 Å². The van der Waals surface area contributed by atoms with Gasteiger partial charge < -0.3 is 4.43 Å². The summed E-state index contributed by atoms with van der Waals surface area (Å²) in [5.41, 5.74) is 0. The van der Waals surface area contributed by atoms with Crippen LogP contribution in [0.1, 0.15) is 26.7 Å². The minimum absolute atomic E-state index is 0.164. The zero-order valence-electron chi connectivity index (χ0n) is 8.79. The summed E-state index contributed by atoms with van der Waals surface area (Å²) in [4.78, 5) is 0. The third-order valence-electron chi connectivity index (χ3n) is 2.29. The highest BCUT2D eigenvalue weighted by Crippen LogP contribution is 2.01. The molecule has 1 rings (SSSR count). The Morgan fingerprint density at radius 3 is 2.64 bits per heavy atom. The number of hydrogen-bond acceptors (Lipinski definition) is 1. The summed E-state index contributed by atoms with van der Waals surface area (Å²) in [5, 5.41) is 1.04. The van der Waals surface area contributed by atoms with Gasteiger partial charge in [0.1, 0.15) is 5.82 Å². The fourth-order valence-electron chi connectivity index (χ4n) is 1.37. The van der Waals surface area contributed by atoms with Crippen LogP contribution in [0, 0.1) is 5.82 Å². The Labute approximate surface area is 87.2 Å². The van der Waals surface area contributed by atoms with Gasteiger partial charge in [-0.15, -0.1) is 0 Å². The van der Waals surface area contributed by atoms with Gasteiger partial charge >= 0.3 is 0 Å². The average Bonchev–Trinajstić information content (AvgIpc) is 2.19. The second-order valence-corrected chi connectivity index (χ2v) is 4.82. The van der Waals surface area contributed by atoms with Crippen LogP contribution in [0.2, 0.25) is 0 Å². The molecule has 78 valence electrons. The van der Waals surface area contributed by atoms with Crippen molar-refractivity contribution in [3.63, 3.8) is 0 Å². The summed E-state index contributed by atoms with van der Waals surface area (Å²) < 4.78 is 18.6. The van der Waals surface area contributed by atoms with Gasteiger partial charge in [-0.3, -0.25) is 0 Å². The molecule has 1 aromatic carbocycles. The van der Waals surface area contributed by atoms with Crippen LogP contribution in [-0.4, -0.2) is 15.9 Å². The lowest BCUT2D eigenvalue weighted by Gasteiger charge is -2.13. The number of hydrogen-bond donors (Lipinski definition) is 0. The van der Waals surface area contributed by atoms with Crippen molar-refractivity contribution in [3.05, 3.63) is 30.1 Å². The molecule has 0 fully saturated rings. The van der Waals surface area contributed by atoms with Crippen LogP contribution in [0.25, 0.3) is 0 Å². The number of benzene rings is 1. The molecular weight excluding hydrogens is 195 g/mol. The Balaban J connectivity index is 2.44. The molecule has 0 aliphatic carbocycles. The first-order valence-corrected chi connectivity index (χ1v) is 6.40. The largest absolute Gasteiger partial charge is 0.416 e. The Kier molecular flexibility index (Phi) is 4.83. The van der Waals surface area contributed by atoms with Gasteiger partial charge in [-0.2, -0.15) is 0 Å². The molecule has 3 heteroatoms. The topological polar surface area (TPSA) is 9.23 Å². The Hall–Kier alpha value is -0.673. The molecule has 0 saturated heterocycles. The highest BCUT2D eigenvalue weighted by atomic mass is 28.2. The van der Waals surface area contributed by atoms with Crippen molar-refractivity contribution in [1.82, 2.24) is 0 Å². The van der Waals surface area contributed by atoms with Crippen molar-refractivity contribution in [3.8, 4) is 0 Å². The summed E-state index contributed by atoms with van der Waals surface area (Å²) in [6.45, 7) is 4.24. The van der Waals surface area contributed by atoms with Gasteiger partial charge in [0, 0.05) is 6.10 Å². The van der Waals surface area contributed by atoms with E-state index in [9.17, 15) is 4.39 Å². The molecule has 0 unspecified atom stereocenters. The smallest absolute Gasteiger partial charge is 0.192 e. The second kappa shape index (κ2) is 5.93. The Bertz CT molecular complexity index is 274. The van der Waals surface area contributed by atoms with E-state index in [4.69, 9.17) is 4.43 Å². The van der Waals surface area contributed by atoms with Crippen LogP contribution in [0.4, 0.5) is 4.39 Å². The molecule has 1 nitrogen and oxygen atoms in total. The van der Waals surface area contributed by atoms with E-state index in [0.717, 1.165) is 18.0 Å². The number of halogens is 1. The van der Waals surface area contributed by atoms with Gasteiger partial charge in [-0.05, 0) is 30.2 Å². The summed E-state index contributed by atoms with van der Waals surface area (Å²) in [6.07, 6.45) is 2.43. The third-order valence-corrected chi connectivity index (χ3v) is 3.70. The normalized spacial score (nSPS) is 11.7. The zero-order chi connectivity index (χ0) is 10.4. The predicted octanol–water partition coefficient (Wildman–Crippen LogP) is 1.74. The van der Waals surface area contributed by atoms with Crippen molar-refractivity contribution in [2.75, 3.05) is 0 Å². The molecule has 14 heavy (non-hydrogen) atoms. The monoisotopic (exact) mass is 212 g/mol. The van der Waals surface area contributed by atoms with Crippen LogP contribution < -0.4 is 5.19 Å². The van der Waals surface area contributed by atoms with E-state index in [1.165, 1.54) is 6.07 Å². The fraction of sp³-hybridized carbons (Fsp3) is 0.455. The molecule has 0 aromatic heterocycles. The maximum absolute atomic E-state index is 12.8. The molecule has 0 aliphatic heterocycles. The van der Waals surface area contributed by atoms with Crippen LogP contribution in [0.15, 0.2) is 24.3 Å². The highest BCUT2D eigenvalue weighted by molar-refractivity contribution is 6.46. The van der Waals surface area contributed by atoms with E-state index in [1.807, 2.05) is 6.07 Å². The van der Waals surface area contributed by atoms with Crippen molar-refractivity contribution in [2.45, 2.75) is 32.8 Å². The first-order chi connectivity index (χ1) is 6.76. The zero-order valence-corrected chi connectivity index (χ0v) is 10.2. The first kappa shape index (κ1) is 11.4. The summed E-state index contributed by atoms with van der Waals surface area (Å²) in [7, 11) is -0.742. The van der Waals surface area contributed by atoms with E-state index in [2.05, 4.69) is 13.8 Å². The van der Waals surface area contributed by atoms with Crippen molar-refractivity contribution in [1.29, 1.82) is 0 Å². The maximum atomic E-state index is 12.8. The summed E-state index contributed by atoms with van der Waals surface area (Å²) in [5.74, 6) is -0.164. The number of rotatable bonds is 5. The van der Waals surface area contributed by atoms with E-state index in [-0.39, 0.29) is 5.82 Å². The van der Waals surface area contributed by atoms with E-state index < -0.39 is 9.76 Å². The molecule has 0 atom stereocenters. The highest BCUT2D eigenvalue weighted by Gasteiger charge is 2.04. The molecule has 0 N–H and O–H groups in total. The van der Waals surface area contributed by atoms with E-state index in [1.54, 1.807) is 12.1 Å². The molecule has 0 spiro atoms. The van der Waals surface area contributed by atoms with Crippen molar-refractivity contribution >= 4 is 14.9 Å². The van der Waals surface area contributed by atoms with Gasteiger partial charge in [-0.25, -0.2) is 4.39 Å². The standard InChI is InChI=1S/C11H17FOSi/c1-3-10(4-2)13-14-11-7-5-6-9(12)8-11/h5-8,10H,3-4,14H2,1-2H3. The molecular formula is C11H17FOSi. The van der Waals surface area contributed by atoms with Crippen LogP contribution in [0.5, 0.6) is 0 Å². The van der Waals surface area contributed by atoms with Gasteiger partial charge in [0.15, 0.2) is 9.76 Å². The minimum atomic E-state index is -0.742. The first-order valence-electron chi connectivity index (χ1n) is 5.12. The van der Waals surface area contributed by atoms with Crippen LogP contribution >= 0.6 is 0 Å². The third kappa shape index (κ3) is 3.60. The molecule has 0 amide bonds. The lowest BCUT2D eigenvalue weighted by molar-refractivity contribution is 0.206. The maximum Gasteiger partial charge on any atom is 0.192 e. The fourth-order valence-corrected chi connectivity index (χ4v) is 2.78. The molecule has 0 saturated carbocycles. The SMILES string of the molecule is CCC(CC)O[SiH2]c1cccc(F)c1. The molecule has 0 heterocycles. The molecule has 0 bridgehead atoms. The quantitative estimate of drug-likeness (QED) is 0.676. The van der Waals surface area contributed by atoms with Gasteiger partial charge in [-0.1, -0.05) is 26.0 Å². The van der Waals surface area contributed by atoms with Crippen molar-refractivity contribution < 1.29 is 8.82 Å². The Morgan fingerprint density at radius 1 is 1.36 bits per heavy atom. The van der Waals surface area contributed by atoms with Crippen molar-refractivity contribution in [2.24, 2.45) is 0 Å². The van der Waals surface area contributed by atoms with Crippen LogP contribution in [0.3, 0.4) is 0 Å². The predicted molar refractivity (Wildman–Crippen MR) is 60.0 cm³/mol. The summed E-state index contributed by atoms with van der Waals surface area (Å²) in [6, 6.07) is 6.73. The lowest BCUT2D eigenvalue weighted by Crippen LogP contribution is -2.23. The van der Waals surface area contributed by atoms with Gasteiger partial charge in [0.25, 0.3) is 0 Å². The molecule has 0 aliphatic rings. The average molecular weight is 212 g/mol. The summed E-state index contributed by atoms with van der Waals surface area (Å²) >= 11 is 0. The molecule has 1 aromatic rings. The van der Waals surface area contributed by atoms with E-state index in [0.29, 0.717) is 6.10 Å². The van der Waals surface area contributed by atoms with Crippen LogP contribution in [-0.2, 0) is 4.43 Å². The Morgan fingerprint density at radius 2 is 2.07 bits per heavy atom. The van der Waals surface area contributed by atoms with Gasteiger partial charge in [0.2, 0.25) is 0 Å². The minimum Gasteiger partial charge on any atom is -0.416 e. The molecule has 0 radical (unpaired) electrons.